The van der Waals surface area contributed by atoms with E-state index in [9.17, 15) is 0 Å². The molecule has 0 aliphatic carbocycles. The maximum absolute atomic E-state index is 5.73. The minimum absolute atomic E-state index is 0.603. The number of benzene rings is 2. The summed E-state index contributed by atoms with van der Waals surface area (Å²) in [5.41, 5.74) is 2.98. The van der Waals surface area contributed by atoms with Crippen LogP contribution in [-0.2, 0) is 0 Å². The number of rotatable bonds is 6. The maximum Gasteiger partial charge on any atom is 0.161 e. The van der Waals surface area contributed by atoms with Crippen molar-refractivity contribution >= 4 is 11.0 Å². The van der Waals surface area contributed by atoms with Gasteiger partial charge in [-0.3, -0.25) is 0 Å². The molecule has 22 heavy (non-hydrogen) atoms. The van der Waals surface area contributed by atoms with E-state index in [2.05, 4.69) is 16.9 Å². The van der Waals surface area contributed by atoms with Gasteiger partial charge in [-0.05, 0) is 43.7 Å². The molecule has 1 aromatic heterocycles. The highest BCUT2D eigenvalue weighted by Crippen LogP contribution is 2.32. The molecule has 4 nitrogen and oxygen atoms in total. The minimum atomic E-state index is 0.603. The van der Waals surface area contributed by atoms with Crippen molar-refractivity contribution in [1.29, 1.82) is 0 Å². The summed E-state index contributed by atoms with van der Waals surface area (Å²) in [6, 6.07) is 13.9. The zero-order valence-electron chi connectivity index (χ0n) is 12.9. The van der Waals surface area contributed by atoms with Gasteiger partial charge in [-0.15, -0.1) is 0 Å². The summed E-state index contributed by atoms with van der Waals surface area (Å²) < 4.78 is 11.4. The highest BCUT2D eigenvalue weighted by molar-refractivity contribution is 5.79. The number of fused-ring (bicyclic) bond motifs is 1. The minimum Gasteiger partial charge on any atom is -0.490 e. The zero-order valence-corrected chi connectivity index (χ0v) is 12.9. The van der Waals surface area contributed by atoms with Crippen LogP contribution in [0.2, 0.25) is 0 Å². The molecule has 0 spiro atoms. The second kappa shape index (κ2) is 6.52. The second-order valence-corrected chi connectivity index (χ2v) is 5.05. The molecule has 0 saturated carbocycles. The molecule has 0 atom stereocenters. The number of nitrogens with zero attached hydrogens (tertiary/aromatic N) is 1. The summed E-state index contributed by atoms with van der Waals surface area (Å²) in [6.45, 7) is 5.34. The highest BCUT2D eigenvalue weighted by Gasteiger charge is 2.10. The second-order valence-electron chi connectivity index (χ2n) is 5.05. The maximum atomic E-state index is 5.73. The first kappa shape index (κ1) is 14.4. The number of aromatic amines is 1. The normalized spacial score (nSPS) is 10.8. The average molecular weight is 296 g/mol. The van der Waals surface area contributed by atoms with E-state index in [4.69, 9.17) is 9.47 Å². The Morgan fingerprint density at radius 3 is 2.64 bits per heavy atom. The first-order valence-electron chi connectivity index (χ1n) is 7.66. The van der Waals surface area contributed by atoms with Crippen LogP contribution in [-0.4, -0.2) is 23.2 Å². The quantitative estimate of drug-likeness (QED) is 0.732. The summed E-state index contributed by atoms with van der Waals surface area (Å²) >= 11 is 0. The van der Waals surface area contributed by atoms with Crippen LogP contribution < -0.4 is 9.47 Å². The molecule has 3 rings (SSSR count). The molecule has 0 amide bonds. The largest absolute Gasteiger partial charge is 0.490 e. The summed E-state index contributed by atoms with van der Waals surface area (Å²) in [6.07, 6.45) is 0.969. The number of imidazole rings is 1. The molecule has 1 heterocycles. The fourth-order valence-electron chi connectivity index (χ4n) is 2.34. The van der Waals surface area contributed by atoms with Crippen LogP contribution in [0.1, 0.15) is 20.3 Å². The topological polar surface area (TPSA) is 47.1 Å². The molecule has 0 aliphatic rings. The van der Waals surface area contributed by atoms with Crippen molar-refractivity contribution in [2.75, 3.05) is 13.2 Å². The van der Waals surface area contributed by atoms with E-state index in [1.54, 1.807) is 0 Å². The summed E-state index contributed by atoms with van der Waals surface area (Å²) in [5.74, 6) is 2.38. The molecular formula is C18H20N2O2. The van der Waals surface area contributed by atoms with Crippen LogP contribution >= 0.6 is 0 Å². The Labute approximate surface area is 130 Å². The summed E-state index contributed by atoms with van der Waals surface area (Å²) in [4.78, 5) is 7.96. The lowest BCUT2D eigenvalue weighted by Crippen LogP contribution is -2.00. The molecule has 4 heteroatoms. The fourth-order valence-corrected chi connectivity index (χ4v) is 2.34. The van der Waals surface area contributed by atoms with Crippen LogP contribution in [0.15, 0.2) is 42.5 Å². The number of hydrogen-bond donors (Lipinski definition) is 1. The van der Waals surface area contributed by atoms with E-state index in [1.165, 1.54) is 0 Å². The van der Waals surface area contributed by atoms with Gasteiger partial charge in [0.2, 0.25) is 0 Å². The smallest absolute Gasteiger partial charge is 0.161 e. The number of para-hydroxylation sites is 2. The average Bonchev–Trinajstić information content (AvgIpc) is 2.98. The van der Waals surface area contributed by atoms with E-state index >= 15 is 0 Å². The van der Waals surface area contributed by atoms with Gasteiger partial charge in [-0.25, -0.2) is 4.98 Å². The number of nitrogens with one attached hydrogen (secondary N) is 1. The van der Waals surface area contributed by atoms with E-state index in [1.807, 2.05) is 49.4 Å². The van der Waals surface area contributed by atoms with Crippen LogP contribution in [0.5, 0.6) is 11.5 Å². The Bertz CT molecular complexity index is 732. The van der Waals surface area contributed by atoms with E-state index in [-0.39, 0.29) is 0 Å². The Hall–Kier alpha value is -2.49. The Kier molecular flexibility index (Phi) is 4.28. The Morgan fingerprint density at radius 1 is 1.00 bits per heavy atom. The van der Waals surface area contributed by atoms with E-state index in [0.29, 0.717) is 13.2 Å². The summed E-state index contributed by atoms with van der Waals surface area (Å²) in [7, 11) is 0. The molecule has 0 radical (unpaired) electrons. The van der Waals surface area contributed by atoms with Gasteiger partial charge in [0.25, 0.3) is 0 Å². The molecule has 0 unspecified atom stereocenters. The van der Waals surface area contributed by atoms with Gasteiger partial charge >= 0.3 is 0 Å². The van der Waals surface area contributed by atoms with E-state index in [0.717, 1.165) is 40.3 Å². The lowest BCUT2D eigenvalue weighted by atomic mass is 10.2. The number of ether oxygens (including phenoxy) is 2. The predicted molar refractivity (Wildman–Crippen MR) is 88.5 cm³/mol. The molecule has 0 fully saturated rings. The van der Waals surface area contributed by atoms with Crippen molar-refractivity contribution < 1.29 is 9.47 Å². The van der Waals surface area contributed by atoms with Gasteiger partial charge in [0.15, 0.2) is 11.5 Å². The third-order valence-electron chi connectivity index (χ3n) is 3.37. The van der Waals surface area contributed by atoms with Gasteiger partial charge in [0, 0.05) is 5.56 Å². The molecular weight excluding hydrogens is 276 g/mol. The van der Waals surface area contributed by atoms with Crippen molar-refractivity contribution in [2.24, 2.45) is 0 Å². The Morgan fingerprint density at radius 2 is 1.86 bits per heavy atom. The van der Waals surface area contributed by atoms with Gasteiger partial charge < -0.3 is 14.5 Å². The van der Waals surface area contributed by atoms with Crippen molar-refractivity contribution in [1.82, 2.24) is 9.97 Å². The molecule has 0 saturated heterocycles. The first-order chi connectivity index (χ1) is 10.8. The monoisotopic (exact) mass is 296 g/mol. The SMILES string of the molecule is CCCOc1ccc(-c2nc3ccccc3[nH]2)cc1OCC. The molecule has 3 aromatic rings. The van der Waals surface area contributed by atoms with E-state index < -0.39 is 0 Å². The summed E-state index contributed by atoms with van der Waals surface area (Å²) in [5, 5.41) is 0. The van der Waals surface area contributed by atoms with Crippen LogP contribution in [0.25, 0.3) is 22.4 Å². The predicted octanol–water partition coefficient (Wildman–Crippen LogP) is 4.42. The van der Waals surface area contributed by atoms with Gasteiger partial charge in [0.05, 0.1) is 24.2 Å². The molecule has 0 aliphatic heterocycles. The molecule has 114 valence electrons. The van der Waals surface area contributed by atoms with Crippen molar-refractivity contribution in [3.8, 4) is 22.9 Å². The van der Waals surface area contributed by atoms with Gasteiger partial charge in [-0.1, -0.05) is 19.1 Å². The zero-order chi connectivity index (χ0) is 15.4. The third kappa shape index (κ3) is 2.91. The molecule has 2 aromatic carbocycles. The lowest BCUT2D eigenvalue weighted by molar-refractivity contribution is 0.277. The van der Waals surface area contributed by atoms with Crippen molar-refractivity contribution in [3.05, 3.63) is 42.5 Å². The Balaban J connectivity index is 1.97. The molecule has 1 N–H and O–H groups in total. The highest BCUT2D eigenvalue weighted by atomic mass is 16.5. The van der Waals surface area contributed by atoms with Gasteiger partial charge in [0.1, 0.15) is 5.82 Å². The van der Waals surface area contributed by atoms with Crippen LogP contribution in [0.3, 0.4) is 0 Å². The molecule has 0 bridgehead atoms. The number of H-pyrrole nitrogens is 1. The van der Waals surface area contributed by atoms with Gasteiger partial charge in [-0.2, -0.15) is 0 Å². The van der Waals surface area contributed by atoms with Crippen LogP contribution in [0, 0.1) is 0 Å². The first-order valence-corrected chi connectivity index (χ1v) is 7.66. The van der Waals surface area contributed by atoms with Crippen molar-refractivity contribution in [2.45, 2.75) is 20.3 Å². The standard InChI is InChI=1S/C18H20N2O2/c1-3-11-22-16-10-9-13(12-17(16)21-4-2)18-19-14-7-5-6-8-15(14)20-18/h5-10,12H,3-4,11H2,1-2H3,(H,19,20). The number of hydrogen-bond acceptors (Lipinski definition) is 3. The van der Waals surface area contributed by atoms with Crippen LogP contribution in [0.4, 0.5) is 0 Å². The lowest BCUT2D eigenvalue weighted by Gasteiger charge is -2.12. The third-order valence-corrected chi connectivity index (χ3v) is 3.37. The number of aromatic nitrogens is 2. The van der Waals surface area contributed by atoms with Crippen molar-refractivity contribution in [3.63, 3.8) is 0 Å². The fraction of sp³-hybridized carbons (Fsp3) is 0.278.